The number of nitrogens with zero attached hydrogens (tertiary/aromatic N) is 1. The molecule has 0 aliphatic carbocycles. The number of hydrogen-bond donors (Lipinski definition) is 2. The third-order valence-corrected chi connectivity index (χ3v) is 8.87. The average molecular weight is 653 g/mol. The van der Waals surface area contributed by atoms with Crippen molar-refractivity contribution in [3.05, 3.63) is 124 Å². The summed E-state index contributed by atoms with van der Waals surface area (Å²) in [5, 5.41) is 13.0. The first-order chi connectivity index (χ1) is 21.7. The molecule has 7 nitrogen and oxygen atoms in total. The maximum Gasteiger partial charge on any atom is 0.387 e. The number of likely N-dealkylation sites (tertiary alicyclic amines) is 1. The fourth-order valence-electron chi connectivity index (χ4n) is 6.73. The maximum atomic E-state index is 13.5. The summed E-state index contributed by atoms with van der Waals surface area (Å²) in [5.74, 6) is -3.33. The largest absolute Gasteiger partial charge is 0.478 e. The van der Waals surface area contributed by atoms with E-state index in [1.54, 1.807) is 19.9 Å². The Labute approximate surface area is 274 Å². The minimum Gasteiger partial charge on any atom is -0.478 e. The predicted molar refractivity (Wildman–Crippen MR) is 174 cm³/mol. The normalized spacial score (nSPS) is 18.1. The molecular formula is C36H39ClF2N2O5. The van der Waals surface area contributed by atoms with Crippen LogP contribution in [0.1, 0.15) is 55.7 Å². The SMILES string of the molecule is CC1=C(C(=O)O)C(c2ccccc2OC(F)F)C(C(=O)OCCCN2CCC(c3ccccc3)(c3ccccc3)CC2)=C(C)N1.Cl. The van der Waals surface area contributed by atoms with Gasteiger partial charge in [-0.2, -0.15) is 8.78 Å². The molecule has 244 valence electrons. The standard InChI is InChI=1S/C36H38F2N2O5.ClH/c1-24-30(33(41)42)32(28-16-9-10-17-29(28)45-35(37)38)31(25(2)39-24)34(43)44-23-11-20-40-21-18-36(19-22-40,26-12-5-3-6-13-26)27-14-7-4-8-15-27;/h3-10,12-17,32,35,39H,11,18-23H2,1-2H3,(H,41,42);1H. The van der Waals surface area contributed by atoms with Gasteiger partial charge in [0, 0.05) is 28.9 Å². The first kappa shape index (κ1) is 34.7. The van der Waals surface area contributed by atoms with E-state index >= 15 is 0 Å². The van der Waals surface area contributed by atoms with E-state index in [0.717, 1.165) is 32.5 Å². The van der Waals surface area contributed by atoms with Gasteiger partial charge in [-0.3, -0.25) is 0 Å². The van der Waals surface area contributed by atoms with Gasteiger partial charge in [0.1, 0.15) is 5.75 Å². The summed E-state index contributed by atoms with van der Waals surface area (Å²) in [6.07, 6.45) is 2.51. The van der Waals surface area contributed by atoms with Gasteiger partial charge in [-0.05, 0) is 63.4 Å². The molecule has 1 fully saturated rings. The summed E-state index contributed by atoms with van der Waals surface area (Å²) in [5.41, 5.74) is 3.34. The number of esters is 1. The minimum absolute atomic E-state index is 0. The summed E-state index contributed by atoms with van der Waals surface area (Å²) in [6, 6.07) is 27.2. The van der Waals surface area contributed by atoms with Crippen molar-refractivity contribution in [1.29, 1.82) is 0 Å². The zero-order valence-electron chi connectivity index (χ0n) is 25.9. The molecular weight excluding hydrogens is 614 g/mol. The Kier molecular flexibility index (Phi) is 11.6. The fourth-order valence-corrected chi connectivity index (χ4v) is 6.73. The average Bonchev–Trinajstić information content (AvgIpc) is 3.03. The second-order valence-corrected chi connectivity index (χ2v) is 11.5. The molecule has 0 aromatic heterocycles. The number of alkyl halides is 2. The Morgan fingerprint density at radius 1 is 0.891 bits per heavy atom. The molecule has 1 saturated heterocycles. The van der Waals surface area contributed by atoms with Crippen molar-refractivity contribution in [2.24, 2.45) is 0 Å². The first-order valence-electron chi connectivity index (χ1n) is 15.2. The van der Waals surface area contributed by atoms with E-state index < -0.39 is 24.5 Å². The summed E-state index contributed by atoms with van der Waals surface area (Å²) >= 11 is 0. The molecule has 3 aromatic carbocycles. The van der Waals surface area contributed by atoms with Crippen molar-refractivity contribution in [3.8, 4) is 5.75 Å². The number of rotatable bonds is 11. The predicted octanol–water partition coefficient (Wildman–Crippen LogP) is 7.04. The number of benzene rings is 3. The van der Waals surface area contributed by atoms with Gasteiger partial charge in [-0.1, -0.05) is 78.9 Å². The van der Waals surface area contributed by atoms with Crippen molar-refractivity contribution in [3.63, 3.8) is 0 Å². The number of carboxylic acid groups (broad SMARTS) is 1. The highest BCUT2D eigenvalue weighted by Gasteiger charge is 2.40. The molecule has 2 heterocycles. The van der Waals surface area contributed by atoms with Crippen molar-refractivity contribution in [2.75, 3.05) is 26.2 Å². The fraction of sp³-hybridized carbons (Fsp3) is 0.333. The molecule has 2 N–H and O–H groups in total. The van der Waals surface area contributed by atoms with Crippen molar-refractivity contribution < 1.29 is 33.0 Å². The van der Waals surface area contributed by atoms with Crippen LogP contribution in [0.25, 0.3) is 0 Å². The van der Waals surface area contributed by atoms with Gasteiger partial charge < -0.3 is 24.8 Å². The molecule has 0 amide bonds. The third kappa shape index (κ3) is 7.43. The van der Waals surface area contributed by atoms with Crippen LogP contribution in [-0.4, -0.2) is 54.8 Å². The number of aliphatic carboxylic acids is 1. The van der Waals surface area contributed by atoms with Gasteiger partial charge in [0.15, 0.2) is 0 Å². The lowest BCUT2D eigenvalue weighted by atomic mass is 9.68. The molecule has 2 aliphatic heterocycles. The number of halogens is 3. The number of ether oxygens (including phenoxy) is 2. The van der Waals surface area contributed by atoms with Crippen LogP contribution < -0.4 is 10.1 Å². The van der Waals surface area contributed by atoms with Crippen molar-refractivity contribution in [1.82, 2.24) is 10.2 Å². The summed E-state index contributed by atoms with van der Waals surface area (Å²) < 4.78 is 36.9. The third-order valence-electron chi connectivity index (χ3n) is 8.87. The molecule has 0 spiro atoms. The number of para-hydroxylation sites is 1. The Balaban J connectivity index is 0.00000480. The zero-order valence-corrected chi connectivity index (χ0v) is 26.7. The number of carbonyl (C=O) groups excluding carboxylic acids is 1. The van der Waals surface area contributed by atoms with E-state index in [1.165, 1.54) is 29.3 Å². The first-order valence-corrected chi connectivity index (χ1v) is 15.2. The second-order valence-electron chi connectivity index (χ2n) is 11.5. The van der Waals surface area contributed by atoms with Crippen LogP contribution in [0.15, 0.2) is 107 Å². The van der Waals surface area contributed by atoms with Crippen LogP contribution in [0, 0.1) is 0 Å². The van der Waals surface area contributed by atoms with Gasteiger partial charge in [0.2, 0.25) is 0 Å². The maximum absolute atomic E-state index is 13.5. The summed E-state index contributed by atoms with van der Waals surface area (Å²) in [4.78, 5) is 28.2. The van der Waals surface area contributed by atoms with Crippen LogP contribution in [0.2, 0.25) is 0 Å². The lowest BCUT2D eigenvalue weighted by Gasteiger charge is -2.43. The van der Waals surface area contributed by atoms with E-state index in [9.17, 15) is 23.5 Å². The number of allylic oxidation sites excluding steroid dienone is 2. The Morgan fingerprint density at radius 3 is 2.00 bits per heavy atom. The van der Waals surface area contributed by atoms with Crippen LogP contribution >= 0.6 is 12.4 Å². The van der Waals surface area contributed by atoms with Gasteiger partial charge in [0.05, 0.1) is 23.7 Å². The molecule has 3 aromatic rings. The number of piperidine rings is 1. The number of nitrogens with one attached hydrogen (secondary N) is 1. The zero-order chi connectivity index (χ0) is 32.0. The van der Waals surface area contributed by atoms with E-state index in [4.69, 9.17) is 9.47 Å². The quantitative estimate of drug-likeness (QED) is 0.170. The van der Waals surface area contributed by atoms with E-state index in [0.29, 0.717) is 17.8 Å². The topological polar surface area (TPSA) is 88.1 Å². The van der Waals surface area contributed by atoms with Crippen LogP contribution in [-0.2, 0) is 19.7 Å². The monoisotopic (exact) mass is 652 g/mol. The van der Waals surface area contributed by atoms with Gasteiger partial charge in [0.25, 0.3) is 0 Å². The van der Waals surface area contributed by atoms with Gasteiger partial charge >= 0.3 is 18.6 Å². The molecule has 46 heavy (non-hydrogen) atoms. The minimum atomic E-state index is -3.12. The van der Waals surface area contributed by atoms with Crippen LogP contribution in [0.4, 0.5) is 8.78 Å². The lowest BCUT2D eigenvalue weighted by molar-refractivity contribution is -0.139. The summed E-state index contributed by atoms with van der Waals surface area (Å²) in [6.45, 7) is 2.73. The molecule has 0 bridgehead atoms. The van der Waals surface area contributed by atoms with Crippen LogP contribution in [0.3, 0.4) is 0 Å². The molecule has 2 aliphatic rings. The Hall–Kier alpha value is -4.21. The second kappa shape index (κ2) is 15.4. The Morgan fingerprint density at radius 2 is 1.43 bits per heavy atom. The van der Waals surface area contributed by atoms with Crippen molar-refractivity contribution in [2.45, 2.75) is 51.1 Å². The molecule has 10 heteroatoms. The smallest absolute Gasteiger partial charge is 0.387 e. The van der Waals surface area contributed by atoms with E-state index in [-0.39, 0.29) is 46.9 Å². The highest BCUT2D eigenvalue weighted by molar-refractivity contribution is 5.99. The van der Waals surface area contributed by atoms with Gasteiger partial charge in [-0.25, -0.2) is 9.59 Å². The molecule has 1 unspecified atom stereocenters. The van der Waals surface area contributed by atoms with Gasteiger partial charge in [-0.15, -0.1) is 12.4 Å². The number of dihydropyridines is 1. The number of hydrogen-bond acceptors (Lipinski definition) is 6. The van der Waals surface area contributed by atoms with Crippen LogP contribution in [0.5, 0.6) is 5.75 Å². The molecule has 1 atom stereocenters. The molecule has 0 radical (unpaired) electrons. The highest BCUT2D eigenvalue weighted by atomic mass is 35.5. The number of carbonyl (C=O) groups is 2. The molecule has 5 rings (SSSR count). The number of carboxylic acids is 1. The van der Waals surface area contributed by atoms with E-state index in [1.807, 2.05) is 12.1 Å². The van der Waals surface area contributed by atoms with E-state index in [2.05, 4.69) is 58.7 Å². The van der Waals surface area contributed by atoms with Crippen molar-refractivity contribution >= 4 is 24.3 Å². The highest BCUT2D eigenvalue weighted by Crippen LogP contribution is 2.43. The summed E-state index contributed by atoms with van der Waals surface area (Å²) in [7, 11) is 0. The Bertz CT molecular complexity index is 1530. The molecule has 0 saturated carbocycles. The lowest BCUT2D eigenvalue weighted by Crippen LogP contribution is -2.43.